The number of methoxy groups -OCH3 is 1. The van der Waals surface area contributed by atoms with Gasteiger partial charge in [-0.05, 0) is 17.7 Å². The standard InChI is InChI=1S/C16H24O10/c1-24-10-4-7(2-3-9(10)19)8(5-17)15(23)26-16-14(22)13(21)12(20)11(6-18)25-16/h2-4,8,11-23H,5-6H2,1H3/t8?,11-,12-,13+,14-,15?,16+/m1/s1. The van der Waals surface area contributed by atoms with Crippen LogP contribution in [0.3, 0.4) is 0 Å². The lowest BCUT2D eigenvalue weighted by atomic mass is 9.97. The number of hydrogen-bond donors (Lipinski definition) is 7. The SMILES string of the molecule is COc1cc(C(CO)C(O)O[C@@H]2O[C@H](CO)[C@@H](O)[C@H](O)[C@H]2O)ccc1O. The summed E-state index contributed by atoms with van der Waals surface area (Å²) in [5.74, 6) is -0.991. The number of aliphatic hydroxyl groups excluding tert-OH is 6. The maximum absolute atomic E-state index is 10.3. The van der Waals surface area contributed by atoms with Crippen LogP contribution in [0.2, 0.25) is 0 Å². The minimum absolute atomic E-state index is 0.126. The normalized spacial score (nSPS) is 31.4. The molecule has 1 aliphatic rings. The lowest BCUT2D eigenvalue weighted by Gasteiger charge is -2.40. The van der Waals surface area contributed by atoms with Crippen LogP contribution in [0.1, 0.15) is 11.5 Å². The Bertz CT molecular complexity index is 580. The van der Waals surface area contributed by atoms with E-state index in [2.05, 4.69) is 0 Å². The van der Waals surface area contributed by atoms with E-state index in [1.807, 2.05) is 0 Å². The molecule has 0 aromatic heterocycles. The average molecular weight is 376 g/mol. The highest BCUT2D eigenvalue weighted by atomic mass is 16.7. The van der Waals surface area contributed by atoms with Gasteiger partial charge in [0.2, 0.25) is 0 Å². The van der Waals surface area contributed by atoms with Gasteiger partial charge < -0.3 is 50.0 Å². The number of aromatic hydroxyl groups is 1. The van der Waals surface area contributed by atoms with Gasteiger partial charge in [-0.3, -0.25) is 0 Å². The molecule has 7 atom stereocenters. The third-order valence-corrected chi connectivity index (χ3v) is 4.29. The van der Waals surface area contributed by atoms with Crippen LogP contribution in [0.25, 0.3) is 0 Å². The largest absolute Gasteiger partial charge is 0.504 e. The van der Waals surface area contributed by atoms with Crippen molar-refractivity contribution in [3.8, 4) is 11.5 Å². The van der Waals surface area contributed by atoms with E-state index in [9.17, 15) is 30.6 Å². The summed E-state index contributed by atoms with van der Waals surface area (Å²) in [6, 6.07) is 4.16. The molecule has 0 aliphatic carbocycles. The van der Waals surface area contributed by atoms with Crippen LogP contribution in [0, 0.1) is 0 Å². The van der Waals surface area contributed by atoms with E-state index in [-0.39, 0.29) is 11.5 Å². The summed E-state index contributed by atoms with van der Waals surface area (Å²) < 4.78 is 15.3. The molecule has 1 aliphatic heterocycles. The van der Waals surface area contributed by atoms with E-state index in [0.29, 0.717) is 5.56 Å². The third-order valence-electron chi connectivity index (χ3n) is 4.29. The highest BCUT2D eigenvalue weighted by Crippen LogP contribution is 2.32. The first-order valence-electron chi connectivity index (χ1n) is 7.95. The second kappa shape index (κ2) is 8.93. The summed E-state index contributed by atoms with van der Waals surface area (Å²) in [7, 11) is 1.34. The van der Waals surface area contributed by atoms with E-state index in [1.165, 1.54) is 25.3 Å². The highest BCUT2D eigenvalue weighted by molar-refractivity contribution is 5.43. The van der Waals surface area contributed by atoms with Crippen LogP contribution in [0.4, 0.5) is 0 Å². The number of rotatable bonds is 7. The summed E-state index contributed by atoms with van der Waals surface area (Å²) >= 11 is 0. The van der Waals surface area contributed by atoms with Crippen LogP contribution in [0.5, 0.6) is 11.5 Å². The summed E-state index contributed by atoms with van der Waals surface area (Å²) in [5, 5.41) is 68.1. The van der Waals surface area contributed by atoms with Crippen molar-refractivity contribution in [1.82, 2.24) is 0 Å². The molecule has 1 saturated heterocycles. The van der Waals surface area contributed by atoms with Gasteiger partial charge in [0, 0.05) is 0 Å². The zero-order valence-corrected chi connectivity index (χ0v) is 14.0. The molecular formula is C16H24O10. The molecule has 2 unspecified atom stereocenters. The molecule has 1 fully saturated rings. The Kier molecular flexibility index (Phi) is 7.15. The minimum atomic E-state index is -1.68. The molecule has 1 aromatic rings. The van der Waals surface area contributed by atoms with Crippen molar-refractivity contribution in [1.29, 1.82) is 0 Å². The van der Waals surface area contributed by atoms with Crippen molar-refractivity contribution in [2.75, 3.05) is 20.3 Å². The lowest BCUT2D eigenvalue weighted by molar-refractivity contribution is -0.335. The van der Waals surface area contributed by atoms with E-state index in [1.54, 1.807) is 0 Å². The monoisotopic (exact) mass is 376 g/mol. The first-order chi connectivity index (χ1) is 12.3. The predicted octanol–water partition coefficient (Wildman–Crippen LogP) is -2.39. The molecule has 1 aromatic carbocycles. The van der Waals surface area contributed by atoms with Crippen molar-refractivity contribution in [2.24, 2.45) is 0 Å². The number of ether oxygens (including phenoxy) is 3. The third kappa shape index (κ3) is 4.24. The first-order valence-corrected chi connectivity index (χ1v) is 7.95. The molecule has 0 saturated carbocycles. The Morgan fingerprint density at radius 3 is 2.38 bits per heavy atom. The summed E-state index contributed by atoms with van der Waals surface area (Å²) in [4.78, 5) is 0. The average Bonchev–Trinajstić information content (AvgIpc) is 2.64. The lowest BCUT2D eigenvalue weighted by Crippen LogP contribution is -2.60. The van der Waals surface area contributed by atoms with Gasteiger partial charge in [0.25, 0.3) is 0 Å². The minimum Gasteiger partial charge on any atom is -0.504 e. The van der Waals surface area contributed by atoms with Gasteiger partial charge in [-0.2, -0.15) is 0 Å². The fourth-order valence-corrected chi connectivity index (χ4v) is 2.70. The van der Waals surface area contributed by atoms with Crippen molar-refractivity contribution >= 4 is 0 Å². The van der Waals surface area contributed by atoms with Gasteiger partial charge in [-0.15, -0.1) is 0 Å². The zero-order chi connectivity index (χ0) is 19.4. The molecule has 1 heterocycles. The summed E-state index contributed by atoms with van der Waals surface area (Å²) in [6.45, 7) is -1.19. The predicted molar refractivity (Wildman–Crippen MR) is 85.3 cm³/mol. The fraction of sp³-hybridized carbons (Fsp3) is 0.625. The molecule has 0 radical (unpaired) electrons. The Morgan fingerprint density at radius 1 is 1.12 bits per heavy atom. The number of phenolic OH excluding ortho intramolecular Hbond substituents is 1. The van der Waals surface area contributed by atoms with Crippen LogP contribution >= 0.6 is 0 Å². The van der Waals surface area contributed by atoms with Gasteiger partial charge in [-0.1, -0.05) is 6.07 Å². The molecular weight excluding hydrogens is 352 g/mol. The van der Waals surface area contributed by atoms with E-state index >= 15 is 0 Å². The molecule has 148 valence electrons. The molecule has 10 heteroatoms. The van der Waals surface area contributed by atoms with Crippen molar-refractivity contribution in [3.05, 3.63) is 23.8 Å². The molecule has 26 heavy (non-hydrogen) atoms. The maximum atomic E-state index is 10.3. The number of hydrogen-bond acceptors (Lipinski definition) is 10. The van der Waals surface area contributed by atoms with Crippen molar-refractivity contribution < 1.29 is 50.0 Å². The maximum Gasteiger partial charge on any atom is 0.189 e. The molecule has 0 spiro atoms. The molecule has 10 nitrogen and oxygen atoms in total. The number of aliphatic hydroxyl groups is 6. The second-order valence-electron chi connectivity index (χ2n) is 5.94. The Hall–Kier alpha value is -1.50. The molecule has 0 bridgehead atoms. The number of benzene rings is 1. The van der Waals surface area contributed by atoms with Crippen LogP contribution < -0.4 is 4.74 Å². The van der Waals surface area contributed by atoms with Crippen molar-refractivity contribution in [3.63, 3.8) is 0 Å². The van der Waals surface area contributed by atoms with Gasteiger partial charge in [0.05, 0.1) is 26.2 Å². The molecule has 2 rings (SSSR count). The Labute approximate surface area is 149 Å². The summed E-state index contributed by atoms with van der Waals surface area (Å²) in [5.41, 5.74) is 0.374. The zero-order valence-electron chi connectivity index (χ0n) is 14.0. The van der Waals surface area contributed by atoms with E-state index in [4.69, 9.17) is 19.3 Å². The Balaban J connectivity index is 2.14. The van der Waals surface area contributed by atoms with Crippen LogP contribution in [-0.2, 0) is 9.47 Å². The Morgan fingerprint density at radius 2 is 1.81 bits per heavy atom. The smallest absolute Gasteiger partial charge is 0.189 e. The summed E-state index contributed by atoms with van der Waals surface area (Å²) in [6.07, 6.45) is -9.30. The van der Waals surface area contributed by atoms with Gasteiger partial charge in [0.15, 0.2) is 24.1 Å². The van der Waals surface area contributed by atoms with E-state index in [0.717, 1.165) is 0 Å². The topological polar surface area (TPSA) is 169 Å². The fourth-order valence-electron chi connectivity index (χ4n) is 2.70. The van der Waals surface area contributed by atoms with Crippen LogP contribution in [-0.4, -0.2) is 93.1 Å². The highest BCUT2D eigenvalue weighted by Gasteiger charge is 2.45. The van der Waals surface area contributed by atoms with Crippen molar-refractivity contribution in [2.45, 2.75) is 42.9 Å². The van der Waals surface area contributed by atoms with E-state index < -0.39 is 56.1 Å². The van der Waals surface area contributed by atoms with Gasteiger partial charge >= 0.3 is 0 Å². The first kappa shape index (κ1) is 20.8. The second-order valence-corrected chi connectivity index (χ2v) is 5.94. The van der Waals surface area contributed by atoms with Gasteiger partial charge in [-0.25, -0.2) is 0 Å². The molecule has 7 N–H and O–H groups in total. The molecule has 0 amide bonds. The quantitative estimate of drug-likeness (QED) is 0.255. The van der Waals surface area contributed by atoms with Gasteiger partial charge in [0.1, 0.15) is 24.4 Å². The number of phenols is 1. The van der Waals surface area contributed by atoms with Crippen LogP contribution in [0.15, 0.2) is 18.2 Å².